The number of carboxylic acid groups (broad SMARTS) is 1. The van der Waals surface area contributed by atoms with Crippen LogP contribution in [0.25, 0.3) is 0 Å². The largest absolute Gasteiger partial charge is 0.481 e. The van der Waals surface area contributed by atoms with Gasteiger partial charge < -0.3 is 5.11 Å². The van der Waals surface area contributed by atoms with Gasteiger partial charge >= 0.3 is 12.4 Å². The van der Waals surface area contributed by atoms with Crippen LogP contribution in [0.3, 0.4) is 0 Å². The maximum Gasteiger partial charge on any atom is 0.416 e. The SMILES string of the molecule is CC(=O)O.CCc1cc(C(F)(F)F)cc(C(F)(F)F)c1. The molecular formula is C12H12F6O2. The van der Waals surface area contributed by atoms with Crippen molar-refractivity contribution in [1.82, 2.24) is 0 Å². The summed E-state index contributed by atoms with van der Waals surface area (Å²) < 4.78 is 73.8. The lowest BCUT2D eigenvalue weighted by atomic mass is 10.0. The molecule has 0 radical (unpaired) electrons. The van der Waals surface area contributed by atoms with Gasteiger partial charge in [0, 0.05) is 6.92 Å². The summed E-state index contributed by atoms with van der Waals surface area (Å²) >= 11 is 0. The van der Waals surface area contributed by atoms with E-state index in [9.17, 15) is 26.3 Å². The molecule has 0 aliphatic rings. The molecule has 8 heteroatoms. The van der Waals surface area contributed by atoms with Crippen molar-refractivity contribution in [2.75, 3.05) is 0 Å². The summed E-state index contributed by atoms with van der Waals surface area (Å²) in [6.45, 7) is 2.58. The third-order valence-electron chi connectivity index (χ3n) is 2.06. The smallest absolute Gasteiger partial charge is 0.416 e. The Balaban J connectivity index is 0.000000796. The number of aryl methyl sites for hydroxylation is 1. The Morgan fingerprint density at radius 1 is 1.00 bits per heavy atom. The monoisotopic (exact) mass is 302 g/mol. The number of carbonyl (C=O) groups is 1. The van der Waals surface area contributed by atoms with Crippen LogP contribution >= 0.6 is 0 Å². The molecule has 0 amide bonds. The molecule has 0 fully saturated rings. The molecule has 0 heterocycles. The molecule has 1 aromatic carbocycles. The van der Waals surface area contributed by atoms with Crippen LogP contribution in [0.5, 0.6) is 0 Å². The Labute approximate surface area is 111 Å². The van der Waals surface area contributed by atoms with Crippen molar-refractivity contribution in [3.05, 3.63) is 34.9 Å². The topological polar surface area (TPSA) is 37.3 Å². The summed E-state index contributed by atoms with van der Waals surface area (Å²) in [5, 5.41) is 7.42. The van der Waals surface area contributed by atoms with Gasteiger partial charge in [0.1, 0.15) is 0 Å². The maximum atomic E-state index is 12.3. The molecule has 20 heavy (non-hydrogen) atoms. The van der Waals surface area contributed by atoms with E-state index in [0.717, 1.165) is 19.1 Å². The van der Waals surface area contributed by atoms with Gasteiger partial charge in [-0.3, -0.25) is 4.79 Å². The average Bonchev–Trinajstić information content (AvgIpc) is 2.25. The minimum atomic E-state index is -4.76. The van der Waals surface area contributed by atoms with E-state index in [1.54, 1.807) is 0 Å². The molecule has 0 bridgehead atoms. The lowest BCUT2D eigenvalue weighted by Crippen LogP contribution is -2.11. The second kappa shape index (κ2) is 6.62. The van der Waals surface area contributed by atoms with Crippen LogP contribution in [-0.2, 0) is 23.6 Å². The van der Waals surface area contributed by atoms with Crippen molar-refractivity contribution in [3.8, 4) is 0 Å². The first-order chi connectivity index (χ1) is 8.87. The van der Waals surface area contributed by atoms with Gasteiger partial charge in [-0.15, -0.1) is 0 Å². The highest BCUT2D eigenvalue weighted by molar-refractivity contribution is 5.62. The molecule has 0 saturated heterocycles. The van der Waals surface area contributed by atoms with Crippen molar-refractivity contribution in [2.24, 2.45) is 0 Å². The summed E-state index contributed by atoms with van der Waals surface area (Å²) in [4.78, 5) is 9.00. The highest BCUT2D eigenvalue weighted by Crippen LogP contribution is 2.36. The van der Waals surface area contributed by atoms with Gasteiger partial charge in [-0.25, -0.2) is 0 Å². The van der Waals surface area contributed by atoms with Gasteiger partial charge in [0.2, 0.25) is 0 Å². The molecule has 0 atom stereocenters. The first kappa shape index (κ1) is 18.3. The third-order valence-corrected chi connectivity index (χ3v) is 2.06. The van der Waals surface area contributed by atoms with Gasteiger partial charge in [-0.05, 0) is 30.2 Å². The summed E-state index contributed by atoms with van der Waals surface area (Å²) in [6.07, 6.45) is -9.40. The number of hydrogen-bond acceptors (Lipinski definition) is 1. The zero-order chi connectivity index (χ0) is 16.1. The van der Waals surface area contributed by atoms with Gasteiger partial charge in [0.15, 0.2) is 0 Å². The van der Waals surface area contributed by atoms with E-state index in [1.165, 1.54) is 6.92 Å². The summed E-state index contributed by atoms with van der Waals surface area (Å²) in [7, 11) is 0. The van der Waals surface area contributed by atoms with Crippen LogP contribution in [0, 0.1) is 0 Å². The first-order valence-corrected chi connectivity index (χ1v) is 5.35. The Hall–Kier alpha value is -1.73. The summed E-state index contributed by atoms with van der Waals surface area (Å²) in [5.41, 5.74) is -2.51. The van der Waals surface area contributed by atoms with Crippen molar-refractivity contribution >= 4 is 5.97 Å². The van der Waals surface area contributed by atoms with Gasteiger partial charge in [-0.2, -0.15) is 26.3 Å². The average molecular weight is 302 g/mol. The summed E-state index contributed by atoms with van der Waals surface area (Å²) in [5.74, 6) is -0.833. The maximum absolute atomic E-state index is 12.3. The number of benzene rings is 1. The molecular weight excluding hydrogens is 290 g/mol. The van der Waals surface area contributed by atoms with Crippen LogP contribution in [0.1, 0.15) is 30.5 Å². The van der Waals surface area contributed by atoms with Crippen molar-refractivity contribution < 1.29 is 36.2 Å². The molecule has 0 saturated carbocycles. The highest BCUT2D eigenvalue weighted by Gasteiger charge is 2.36. The van der Waals surface area contributed by atoms with E-state index in [0.29, 0.717) is 0 Å². The second-order valence-electron chi connectivity index (χ2n) is 3.79. The lowest BCUT2D eigenvalue weighted by Gasteiger charge is -2.13. The van der Waals surface area contributed by atoms with Crippen LogP contribution in [0.4, 0.5) is 26.3 Å². The molecule has 1 aromatic rings. The fourth-order valence-corrected chi connectivity index (χ4v) is 1.22. The minimum Gasteiger partial charge on any atom is -0.481 e. The molecule has 2 nitrogen and oxygen atoms in total. The molecule has 114 valence electrons. The number of rotatable bonds is 1. The minimum absolute atomic E-state index is 0.0159. The zero-order valence-corrected chi connectivity index (χ0v) is 10.6. The van der Waals surface area contributed by atoms with Crippen LogP contribution in [0.2, 0.25) is 0 Å². The van der Waals surface area contributed by atoms with E-state index >= 15 is 0 Å². The number of hydrogen-bond donors (Lipinski definition) is 1. The number of carboxylic acids is 1. The fourth-order valence-electron chi connectivity index (χ4n) is 1.22. The van der Waals surface area contributed by atoms with Crippen LogP contribution < -0.4 is 0 Å². The second-order valence-corrected chi connectivity index (χ2v) is 3.79. The number of alkyl halides is 6. The van der Waals surface area contributed by atoms with E-state index in [4.69, 9.17) is 9.90 Å². The highest BCUT2D eigenvalue weighted by atomic mass is 19.4. The van der Waals surface area contributed by atoms with E-state index in [1.807, 2.05) is 0 Å². The quantitative estimate of drug-likeness (QED) is 0.782. The van der Waals surface area contributed by atoms with E-state index in [-0.39, 0.29) is 18.1 Å². The summed E-state index contributed by atoms with van der Waals surface area (Å²) in [6, 6.07) is 1.59. The van der Waals surface area contributed by atoms with Crippen molar-refractivity contribution in [1.29, 1.82) is 0 Å². The van der Waals surface area contributed by atoms with Gasteiger partial charge in [-0.1, -0.05) is 6.92 Å². The molecule has 0 unspecified atom stereocenters. The Morgan fingerprint density at radius 2 is 1.30 bits per heavy atom. The van der Waals surface area contributed by atoms with Crippen LogP contribution in [-0.4, -0.2) is 11.1 Å². The van der Waals surface area contributed by atoms with Crippen LogP contribution in [0.15, 0.2) is 18.2 Å². The van der Waals surface area contributed by atoms with Gasteiger partial charge in [0.25, 0.3) is 5.97 Å². The third kappa shape index (κ3) is 6.44. The molecule has 0 aromatic heterocycles. The predicted octanol–water partition coefficient (Wildman–Crippen LogP) is 4.38. The number of aliphatic carboxylic acids is 1. The zero-order valence-electron chi connectivity index (χ0n) is 10.6. The Bertz CT molecular complexity index is 426. The van der Waals surface area contributed by atoms with Crippen molar-refractivity contribution in [3.63, 3.8) is 0 Å². The Morgan fingerprint density at radius 3 is 1.50 bits per heavy atom. The lowest BCUT2D eigenvalue weighted by molar-refractivity contribution is -0.143. The van der Waals surface area contributed by atoms with Crippen molar-refractivity contribution in [2.45, 2.75) is 32.6 Å². The molecule has 0 aliphatic carbocycles. The first-order valence-electron chi connectivity index (χ1n) is 5.35. The Kier molecular flexibility index (Phi) is 6.05. The number of halogens is 6. The van der Waals surface area contributed by atoms with E-state index in [2.05, 4.69) is 0 Å². The fraction of sp³-hybridized carbons (Fsp3) is 0.417. The molecule has 0 aliphatic heterocycles. The van der Waals surface area contributed by atoms with Gasteiger partial charge in [0.05, 0.1) is 11.1 Å². The van der Waals surface area contributed by atoms with E-state index < -0.39 is 29.4 Å². The predicted molar refractivity (Wildman–Crippen MR) is 59.1 cm³/mol. The molecule has 0 spiro atoms. The molecule has 1 N–H and O–H groups in total. The normalized spacial score (nSPS) is 11.6. The molecule has 1 rings (SSSR count). The standard InChI is InChI=1S/C10H8F6.C2H4O2/c1-2-6-3-7(9(11,12)13)5-8(4-6)10(14,15)16;1-2(3)4/h3-5H,2H2,1H3;1H3,(H,3,4).